The van der Waals surface area contributed by atoms with Gasteiger partial charge in [-0.1, -0.05) is 17.7 Å². The van der Waals surface area contributed by atoms with Crippen molar-refractivity contribution in [3.63, 3.8) is 0 Å². The van der Waals surface area contributed by atoms with Crippen molar-refractivity contribution in [3.8, 4) is 23.3 Å². The molecule has 1 aliphatic heterocycles. The molecule has 2 aromatic rings. The molecule has 0 spiro atoms. The van der Waals surface area contributed by atoms with E-state index in [0.29, 0.717) is 33.5 Å². The van der Waals surface area contributed by atoms with Gasteiger partial charge >= 0.3 is 5.97 Å². The number of ether oxygens (including phenoxy) is 4. The third kappa shape index (κ3) is 4.97. The number of fused-ring (bicyclic) bond motifs is 1. The zero-order valence-corrected chi connectivity index (χ0v) is 16.0. The van der Waals surface area contributed by atoms with Crippen LogP contribution in [0.15, 0.2) is 42.0 Å². The Kier molecular flexibility index (Phi) is 6.22. The predicted octanol–water partition coefficient (Wildman–Crippen LogP) is 3.17. The molecule has 0 bridgehead atoms. The van der Waals surface area contributed by atoms with E-state index in [9.17, 15) is 14.9 Å². The minimum absolute atomic E-state index is 0.113. The standard InChI is InChI=1S/C20H15ClN2O6/c1-26-16-5-3-14(21)8-15(16)23-19(24)10-27-20(25)13(9-22)6-12-2-4-17-18(7-12)29-11-28-17/h2-8H,10-11H2,1H3,(H,23,24)/b13-6+. The van der Waals surface area contributed by atoms with E-state index >= 15 is 0 Å². The largest absolute Gasteiger partial charge is 0.495 e. The molecular weight excluding hydrogens is 400 g/mol. The van der Waals surface area contributed by atoms with Crippen molar-refractivity contribution in [1.82, 2.24) is 0 Å². The smallest absolute Gasteiger partial charge is 0.349 e. The van der Waals surface area contributed by atoms with E-state index in [1.807, 2.05) is 0 Å². The summed E-state index contributed by atoms with van der Waals surface area (Å²) in [5.41, 5.74) is 0.616. The van der Waals surface area contributed by atoms with E-state index in [1.165, 1.54) is 19.3 Å². The maximum Gasteiger partial charge on any atom is 0.349 e. The van der Waals surface area contributed by atoms with Crippen LogP contribution in [0, 0.1) is 11.3 Å². The van der Waals surface area contributed by atoms with Crippen LogP contribution in [-0.2, 0) is 14.3 Å². The highest BCUT2D eigenvalue weighted by atomic mass is 35.5. The molecule has 148 valence electrons. The van der Waals surface area contributed by atoms with Crippen molar-refractivity contribution in [2.24, 2.45) is 0 Å². The molecular formula is C20H15ClN2O6. The topological polar surface area (TPSA) is 107 Å². The number of nitriles is 1. The van der Waals surface area contributed by atoms with E-state index in [2.05, 4.69) is 5.32 Å². The minimum Gasteiger partial charge on any atom is -0.495 e. The summed E-state index contributed by atoms with van der Waals surface area (Å²) < 4.78 is 20.5. The third-order valence-corrected chi connectivity index (χ3v) is 4.05. The number of halogens is 1. The lowest BCUT2D eigenvalue weighted by molar-refractivity contribution is -0.142. The molecule has 0 atom stereocenters. The Morgan fingerprint density at radius 2 is 2.03 bits per heavy atom. The molecule has 1 aliphatic rings. The van der Waals surface area contributed by atoms with Gasteiger partial charge in [0.15, 0.2) is 18.1 Å². The van der Waals surface area contributed by atoms with Crippen LogP contribution >= 0.6 is 11.6 Å². The average molecular weight is 415 g/mol. The fourth-order valence-electron chi connectivity index (χ4n) is 2.48. The molecule has 0 aromatic heterocycles. The molecule has 0 unspecified atom stereocenters. The normalized spacial score (nSPS) is 12.1. The Hall–Kier alpha value is -3.70. The van der Waals surface area contributed by atoms with Crippen LogP contribution in [0.1, 0.15) is 5.56 Å². The van der Waals surface area contributed by atoms with Crippen molar-refractivity contribution in [3.05, 3.63) is 52.6 Å². The molecule has 0 saturated carbocycles. The summed E-state index contributed by atoms with van der Waals surface area (Å²) in [5, 5.41) is 12.2. The molecule has 9 heteroatoms. The molecule has 3 rings (SSSR count). The third-order valence-electron chi connectivity index (χ3n) is 3.82. The van der Waals surface area contributed by atoms with E-state index in [-0.39, 0.29) is 12.4 Å². The Morgan fingerprint density at radius 1 is 1.24 bits per heavy atom. The number of carbonyl (C=O) groups excluding carboxylic acids is 2. The van der Waals surface area contributed by atoms with Gasteiger partial charge in [0.05, 0.1) is 12.8 Å². The first-order valence-electron chi connectivity index (χ1n) is 8.32. The van der Waals surface area contributed by atoms with Crippen LogP contribution in [0.5, 0.6) is 17.2 Å². The van der Waals surface area contributed by atoms with Gasteiger partial charge in [0.1, 0.15) is 17.4 Å². The number of benzene rings is 2. The summed E-state index contributed by atoms with van der Waals surface area (Å²) in [6.07, 6.45) is 1.34. The number of esters is 1. The molecule has 0 fully saturated rings. The monoisotopic (exact) mass is 414 g/mol. The number of nitrogens with one attached hydrogen (secondary N) is 1. The summed E-state index contributed by atoms with van der Waals surface area (Å²) in [6.45, 7) is -0.475. The molecule has 1 heterocycles. The maximum absolute atomic E-state index is 12.2. The molecule has 0 aliphatic carbocycles. The van der Waals surface area contributed by atoms with E-state index in [0.717, 1.165) is 0 Å². The Bertz CT molecular complexity index is 1030. The zero-order chi connectivity index (χ0) is 20.8. The van der Waals surface area contributed by atoms with Gasteiger partial charge in [-0.3, -0.25) is 4.79 Å². The number of hydrogen-bond acceptors (Lipinski definition) is 7. The van der Waals surface area contributed by atoms with Gasteiger partial charge in [-0.2, -0.15) is 5.26 Å². The second-order valence-electron chi connectivity index (χ2n) is 5.75. The quantitative estimate of drug-likeness (QED) is 0.439. The second-order valence-corrected chi connectivity index (χ2v) is 6.19. The van der Waals surface area contributed by atoms with Crippen LogP contribution in [-0.4, -0.2) is 32.4 Å². The molecule has 1 N–H and O–H groups in total. The highest BCUT2D eigenvalue weighted by Crippen LogP contribution is 2.33. The fourth-order valence-corrected chi connectivity index (χ4v) is 2.65. The Balaban J connectivity index is 1.62. The van der Waals surface area contributed by atoms with Gasteiger partial charge in [0.2, 0.25) is 6.79 Å². The first-order valence-corrected chi connectivity index (χ1v) is 8.70. The highest BCUT2D eigenvalue weighted by molar-refractivity contribution is 6.31. The van der Waals surface area contributed by atoms with Gasteiger partial charge in [-0.15, -0.1) is 0 Å². The maximum atomic E-state index is 12.2. The van der Waals surface area contributed by atoms with Gasteiger partial charge in [0.25, 0.3) is 5.91 Å². The Labute approximate surface area is 171 Å². The molecule has 0 radical (unpaired) electrons. The summed E-state index contributed by atoms with van der Waals surface area (Å²) in [6, 6.07) is 11.4. The van der Waals surface area contributed by atoms with Crippen LogP contribution < -0.4 is 19.5 Å². The van der Waals surface area contributed by atoms with Crippen molar-refractivity contribution >= 4 is 35.2 Å². The predicted molar refractivity (Wildman–Crippen MR) is 104 cm³/mol. The summed E-state index contributed by atoms with van der Waals surface area (Å²) in [5.74, 6) is -0.0530. The number of carbonyl (C=O) groups is 2. The molecule has 1 amide bonds. The number of nitrogens with zero attached hydrogens (tertiary/aromatic N) is 1. The van der Waals surface area contributed by atoms with E-state index in [4.69, 9.17) is 30.5 Å². The fraction of sp³-hybridized carbons (Fsp3) is 0.150. The number of amides is 1. The molecule has 0 saturated heterocycles. The average Bonchev–Trinajstić information content (AvgIpc) is 3.18. The molecule has 2 aromatic carbocycles. The SMILES string of the molecule is COc1ccc(Cl)cc1NC(=O)COC(=O)/C(C#N)=C/c1ccc2c(c1)OCO2. The van der Waals surface area contributed by atoms with E-state index in [1.54, 1.807) is 36.4 Å². The first-order chi connectivity index (χ1) is 14.0. The van der Waals surface area contributed by atoms with Crippen LogP contribution in [0.25, 0.3) is 6.08 Å². The van der Waals surface area contributed by atoms with Crippen LogP contribution in [0.4, 0.5) is 5.69 Å². The van der Waals surface area contributed by atoms with Crippen molar-refractivity contribution in [2.45, 2.75) is 0 Å². The molecule has 29 heavy (non-hydrogen) atoms. The molecule has 8 nitrogen and oxygen atoms in total. The zero-order valence-electron chi connectivity index (χ0n) is 15.2. The van der Waals surface area contributed by atoms with Gasteiger partial charge in [-0.05, 0) is 42.0 Å². The Morgan fingerprint density at radius 3 is 2.79 bits per heavy atom. The lowest BCUT2D eigenvalue weighted by Crippen LogP contribution is -2.21. The number of methoxy groups -OCH3 is 1. The number of anilines is 1. The van der Waals surface area contributed by atoms with Gasteiger partial charge in [-0.25, -0.2) is 4.79 Å². The number of hydrogen-bond donors (Lipinski definition) is 1. The van der Waals surface area contributed by atoms with Crippen molar-refractivity contribution < 1.29 is 28.5 Å². The van der Waals surface area contributed by atoms with Crippen molar-refractivity contribution in [1.29, 1.82) is 5.26 Å². The van der Waals surface area contributed by atoms with Gasteiger partial charge < -0.3 is 24.3 Å². The van der Waals surface area contributed by atoms with Crippen LogP contribution in [0.3, 0.4) is 0 Å². The minimum atomic E-state index is -0.932. The lowest BCUT2D eigenvalue weighted by Gasteiger charge is -2.10. The summed E-state index contributed by atoms with van der Waals surface area (Å²) in [4.78, 5) is 24.2. The van der Waals surface area contributed by atoms with Gasteiger partial charge in [0, 0.05) is 5.02 Å². The van der Waals surface area contributed by atoms with E-state index < -0.39 is 18.5 Å². The number of rotatable bonds is 6. The van der Waals surface area contributed by atoms with Crippen molar-refractivity contribution in [2.75, 3.05) is 25.8 Å². The van der Waals surface area contributed by atoms with Crippen LogP contribution in [0.2, 0.25) is 5.02 Å². The first kappa shape index (κ1) is 20.0. The highest BCUT2D eigenvalue weighted by Gasteiger charge is 2.17. The second kappa shape index (κ2) is 8.99. The lowest BCUT2D eigenvalue weighted by atomic mass is 10.1. The summed E-state index contributed by atoms with van der Waals surface area (Å²) >= 11 is 5.90. The summed E-state index contributed by atoms with van der Waals surface area (Å²) in [7, 11) is 1.44.